The van der Waals surface area contributed by atoms with E-state index in [9.17, 15) is 4.79 Å². The summed E-state index contributed by atoms with van der Waals surface area (Å²) in [5.41, 5.74) is 1.05. The SMILES string of the molecule is CCC(CC)N1CCN(C(=O)/C=C/Cc2ccc(Cl)c(Cl)c2)CC1. The lowest BCUT2D eigenvalue weighted by molar-refractivity contribution is -0.128. The van der Waals surface area contributed by atoms with Gasteiger partial charge in [0.2, 0.25) is 5.91 Å². The lowest BCUT2D eigenvalue weighted by Gasteiger charge is -2.38. The number of nitrogens with zero attached hydrogens (tertiary/aromatic N) is 2. The van der Waals surface area contributed by atoms with Gasteiger partial charge in [-0.05, 0) is 43.0 Å². The Labute approximate surface area is 155 Å². The molecule has 0 unspecified atom stereocenters. The first-order chi connectivity index (χ1) is 11.5. The Morgan fingerprint density at radius 3 is 2.38 bits per heavy atom. The first-order valence-corrected chi connectivity index (χ1v) is 9.44. The van der Waals surface area contributed by atoms with Crippen molar-refractivity contribution in [2.24, 2.45) is 0 Å². The molecule has 1 aromatic rings. The van der Waals surface area contributed by atoms with Gasteiger partial charge in [0.1, 0.15) is 0 Å². The first-order valence-electron chi connectivity index (χ1n) is 8.68. The topological polar surface area (TPSA) is 23.6 Å². The molecule has 0 aromatic heterocycles. The van der Waals surface area contributed by atoms with Crippen molar-refractivity contribution in [3.63, 3.8) is 0 Å². The Kier molecular flexibility index (Phi) is 7.60. The Morgan fingerprint density at radius 2 is 1.79 bits per heavy atom. The zero-order valence-electron chi connectivity index (χ0n) is 14.5. The fourth-order valence-electron chi connectivity index (χ4n) is 3.18. The molecule has 1 aliphatic heterocycles. The summed E-state index contributed by atoms with van der Waals surface area (Å²) in [5.74, 6) is 0.0965. The largest absolute Gasteiger partial charge is 0.337 e. The van der Waals surface area contributed by atoms with Gasteiger partial charge in [-0.25, -0.2) is 0 Å². The second-order valence-electron chi connectivity index (χ2n) is 6.19. The van der Waals surface area contributed by atoms with Crippen LogP contribution in [0.4, 0.5) is 0 Å². The second-order valence-corrected chi connectivity index (χ2v) is 7.00. The fourth-order valence-corrected chi connectivity index (χ4v) is 3.50. The van der Waals surface area contributed by atoms with Crippen molar-refractivity contribution >= 4 is 29.1 Å². The van der Waals surface area contributed by atoms with Crippen molar-refractivity contribution in [1.29, 1.82) is 0 Å². The van der Waals surface area contributed by atoms with Gasteiger partial charge >= 0.3 is 0 Å². The number of hydrogen-bond acceptors (Lipinski definition) is 2. The van der Waals surface area contributed by atoms with Crippen LogP contribution in [0.2, 0.25) is 10.0 Å². The first kappa shape index (κ1) is 19.3. The molecule has 2 rings (SSSR count). The van der Waals surface area contributed by atoms with Crippen LogP contribution in [0, 0.1) is 0 Å². The van der Waals surface area contributed by atoms with Crippen LogP contribution in [0.25, 0.3) is 0 Å². The van der Waals surface area contributed by atoms with E-state index in [0.29, 0.717) is 22.5 Å². The highest BCUT2D eigenvalue weighted by Gasteiger charge is 2.23. The van der Waals surface area contributed by atoms with Gasteiger partial charge in [-0.2, -0.15) is 0 Å². The number of allylic oxidation sites excluding steroid dienone is 1. The molecule has 0 saturated carbocycles. The summed E-state index contributed by atoms with van der Waals surface area (Å²) in [5, 5.41) is 1.10. The average molecular weight is 369 g/mol. The van der Waals surface area contributed by atoms with Crippen molar-refractivity contribution in [3.05, 3.63) is 46.0 Å². The molecule has 1 amide bonds. The van der Waals surface area contributed by atoms with Crippen molar-refractivity contribution in [2.75, 3.05) is 26.2 Å². The summed E-state index contributed by atoms with van der Waals surface area (Å²) in [4.78, 5) is 16.7. The molecule has 132 valence electrons. The molecule has 1 saturated heterocycles. The zero-order chi connectivity index (χ0) is 17.5. The van der Waals surface area contributed by atoms with Gasteiger partial charge in [0.05, 0.1) is 10.0 Å². The Morgan fingerprint density at radius 1 is 1.12 bits per heavy atom. The van der Waals surface area contributed by atoms with E-state index in [4.69, 9.17) is 23.2 Å². The minimum Gasteiger partial charge on any atom is -0.337 e. The summed E-state index contributed by atoms with van der Waals surface area (Å²) in [6.07, 6.45) is 6.60. The van der Waals surface area contributed by atoms with Gasteiger partial charge in [-0.1, -0.05) is 49.2 Å². The number of halogens is 2. The maximum Gasteiger partial charge on any atom is 0.246 e. The van der Waals surface area contributed by atoms with E-state index in [0.717, 1.165) is 31.7 Å². The normalized spacial score (nSPS) is 16.3. The van der Waals surface area contributed by atoms with Gasteiger partial charge < -0.3 is 4.90 Å². The van der Waals surface area contributed by atoms with Gasteiger partial charge in [0, 0.05) is 32.2 Å². The zero-order valence-corrected chi connectivity index (χ0v) is 16.0. The molecule has 5 heteroatoms. The van der Waals surface area contributed by atoms with Crippen LogP contribution < -0.4 is 0 Å². The molecular weight excluding hydrogens is 343 g/mol. The van der Waals surface area contributed by atoms with E-state index in [1.54, 1.807) is 12.1 Å². The second kappa shape index (κ2) is 9.45. The third-order valence-electron chi connectivity index (χ3n) is 4.68. The lowest BCUT2D eigenvalue weighted by atomic mass is 10.1. The lowest BCUT2D eigenvalue weighted by Crippen LogP contribution is -2.51. The summed E-state index contributed by atoms with van der Waals surface area (Å²) in [6.45, 7) is 8.03. The van der Waals surface area contributed by atoms with Gasteiger partial charge in [-0.15, -0.1) is 0 Å². The number of carbonyl (C=O) groups excluding carboxylic acids is 1. The molecular formula is C19H26Cl2N2O. The summed E-state index contributed by atoms with van der Waals surface area (Å²) >= 11 is 11.9. The van der Waals surface area contributed by atoms with Crippen LogP contribution in [0.5, 0.6) is 0 Å². The van der Waals surface area contributed by atoms with Crippen molar-refractivity contribution in [1.82, 2.24) is 9.80 Å². The smallest absolute Gasteiger partial charge is 0.246 e. The monoisotopic (exact) mass is 368 g/mol. The minimum atomic E-state index is 0.0965. The number of carbonyl (C=O) groups is 1. The van der Waals surface area contributed by atoms with Gasteiger partial charge in [0.25, 0.3) is 0 Å². The molecule has 1 heterocycles. The molecule has 1 aromatic carbocycles. The number of amides is 1. The van der Waals surface area contributed by atoms with Crippen LogP contribution in [0.3, 0.4) is 0 Å². The number of hydrogen-bond donors (Lipinski definition) is 0. The van der Waals surface area contributed by atoms with Crippen LogP contribution in [0.1, 0.15) is 32.3 Å². The molecule has 3 nitrogen and oxygen atoms in total. The predicted octanol–water partition coefficient (Wildman–Crippen LogP) is 4.42. The highest BCUT2D eigenvalue weighted by Crippen LogP contribution is 2.22. The Bertz CT molecular complexity index is 577. The maximum atomic E-state index is 12.3. The molecule has 0 spiro atoms. The third-order valence-corrected chi connectivity index (χ3v) is 5.42. The third kappa shape index (κ3) is 5.23. The van der Waals surface area contributed by atoms with Crippen molar-refractivity contribution in [2.45, 2.75) is 39.2 Å². The van der Waals surface area contributed by atoms with E-state index in [1.165, 1.54) is 12.8 Å². The van der Waals surface area contributed by atoms with E-state index >= 15 is 0 Å². The van der Waals surface area contributed by atoms with E-state index in [2.05, 4.69) is 18.7 Å². The molecule has 0 N–H and O–H groups in total. The quantitative estimate of drug-likeness (QED) is 0.693. The van der Waals surface area contributed by atoms with Crippen molar-refractivity contribution < 1.29 is 4.79 Å². The molecule has 1 aliphatic rings. The Balaban J connectivity index is 1.81. The minimum absolute atomic E-state index is 0.0965. The fraction of sp³-hybridized carbons (Fsp3) is 0.526. The van der Waals surface area contributed by atoms with Crippen LogP contribution in [0.15, 0.2) is 30.4 Å². The van der Waals surface area contributed by atoms with E-state index < -0.39 is 0 Å². The maximum absolute atomic E-state index is 12.3. The molecule has 1 fully saturated rings. The summed E-state index contributed by atoms with van der Waals surface area (Å²) in [6, 6.07) is 6.20. The van der Waals surface area contributed by atoms with E-state index in [-0.39, 0.29) is 5.91 Å². The van der Waals surface area contributed by atoms with Crippen LogP contribution in [-0.2, 0) is 11.2 Å². The number of rotatable bonds is 6. The molecule has 0 aliphatic carbocycles. The number of benzene rings is 1. The standard InChI is InChI=1S/C19H26Cl2N2O/c1-3-16(4-2)22-10-12-23(13-11-22)19(24)7-5-6-15-8-9-17(20)18(21)14-15/h5,7-9,14,16H,3-4,6,10-13H2,1-2H3/b7-5+. The predicted molar refractivity (Wildman–Crippen MR) is 102 cm³/mol. The molecule has 0 radical (unpaired) electrons. The van der Waals surface area contributed by atoms with Crippen LogP contribution >= 0.6 is 23.2 Å². The Hall–Kier alpha value is -1.03. The van der Waals surface area contributed by atoms with Crippen LogP contribution in [-0.4, -0.2) is 47.9 Å². The van der Waals surface area contributed by atoms with Gasteiger partial charge in [0.15, 0.2) is 0 Å². The average Bonchev–Trinajstić information content (AvgIpc) is 2.59. The molecule has 24 heavy (non-hydrogen) atoms. The van der Waals surface area contributed by atoms with E-state index in [1.807, 2.05) is 23.1 Å². The van der Waals surface area contributed by atoms with Gasteiger partial charge in [-0.3, -0.25) is 9.69 Å². The summed E-state index contributed by atoms with van der Waals surface area (Å²) in [7, 11) is 0. The summed E-state index contributed by atoms with van der Waals surface area (Å²) < 4.78 is 0. The molecule has 0 bridgehead atoms. The van der Waals surface area contributed by atoms with Crippen molar-refractivity contribution in [3.8, 4) is 0 Å². The highest BCUT2D eigenvalue weighted by molar-refractivity contribution is 6.42. The number of piperazine rings is 1. The molecule has 0 atom stereocenters. The highest BCUT2D eigenvalue weighted by atomic mass is 35.5.